The maximum Gasteiger partial charge on any atom is 0.250 e. The van der Waals surface area contributed by atoms with Crippen LogP contribution >= 0.6 is 23.1 Å². The highest BCUT2D eigenvalue weighted by Crippen LogP contribution is 2.36. The van der Waals surface area contributed by atoms with Crippen molar-refractivity contribution in [3.05, 3.63) is 95.4 Å². The summed E-state index contributed by atoms with van der Waals surface area (Å²) in [6.45, 7) is 0. The van der Waals surface area contributed by atoms with Crippen molar-refractivity contribution in [2.45, 2.75) is 5.03 Å². The second kappa shape index (κ2) is 11.8. The average Bonchev–Trinajstić information content (AvgIpc) is 3.31. The number of nitriles is 1. The minimum Gasteiger partial charge on any atom is -0.506 e. The first-order valence-corrected chi connectivity index (χ1v) is 13.7. The van der Waals surface area contributed by atoms with Crippen LogP contribution in [0.2, 0.25) is 0 Å². The van der Waals surface area contributed by atoms with E-state index in [2.05, 4.69) is 16.6 Å². The van der Waals surface area contributed by atoms with Gasteiger partial charge in [0.25, 0.3) is 0 Å². The third-order valence-electron chi connectivity index (χ3n) is 5.88. The van der Waals surface area contributed by atoms with E-state index >= 15 is 0 Å². The fourth-order valence-electron chi connectivity index (χ4n) is 3.96. The molecule has 0 aliphatic carbocycles. The topological polar surface area (TPSA) is 108 Å². The molecule has 5 rings (SSSR count). The van der Waals surface area contributed by atoms with E-state index in [-0.39, 0.29) is 17.4 Å². The summed E-state index contributed by atoms with van der Waals surface area (Å²) in [5.41, 5.74) is 6.03. The quantitative estimate of drug-likeness (QED) is 0.130. The van der Waals surface area contributed by atoms with Gasteiger partial charge in [-0.25, -0.2) is 10.4 Å². The van der Waals surface area contributed by atoms with Crippen LogP contribution in [0.5, 0.6) is 11.5 Å². The summed E-state index contributed by atoms with van der Waals surface area (Å²) < 4.78 is 6.20. The second-order valence-electron chi connectivity index (χ2n) is 8.33. The van der Waals surface area contributed by atoms with Crippen molar-refractivity contribution in [1.29, 1.82) is 5.26 Å². The summed E-state index contributed by atoms with van der Waals surface area (Å²) in [5, 5.41) is 25.7. The van der Waals surface area contributed by atoms with Gasteiger partial charge in [0.1, 0.15) is 22.6 Å². The lowest BCUT2D eigenvalue weighted by Crippen LogP contribution is -2.19. The van der Waals surface area contributed by atoms with Crippen LogP contribution in [0.15, 0.2) is 95.1 Å². The van der Waals surface area contributed by atoms with Gasteiger partial charge in [-0.2, -0.15) is 10.4 Å². The molecule has 0 saturated heterocycles. The summed E-state index contributed by atoms with van der Waals surface area (Å²) in [5.74, 6) is 0.483. The van der Waals surface area contributed by atoms with Crippen molar-refractivity contribution < 1.29 is 14.6 Å². The molecular weight excluding hydrogens is 528 g/mol. The predicted octanol–water partition coefficient (Wildman–Crippen LogP) is 6.46. The first kappa shape index (κ1) is 26.0. The number of hydrogen-bond donors (Lipinski definition) is 2. The Bertz CT molecular complexity index is 1710. The molecule has 5 aromatic rings. The Hall–Kier alpha value is -4.65. The number of hydrazone groups is 1. The monoisotopic (exact) mass is 550 g/mol. The van der Waals surface area contributed by atoms with Crippen LogP contribution in [-0.2, 0) is 4.79 Å². The van der Waals surface area contributed by atoms with E-state index in [1.165, 1.54) is 29.3 Å². The van der Waals surface area contributed by atoms with Crippen molar-refractivity contribution in [2.75, 3.05) is 12.9 Å². The number of thiophene rings is 1. The van der Waals surface area contributed by atoms with Gasteiger partial charge >= 0.3 is 0 Å². The molecule has 39 heavy (non-hydrogen) atoms. The number of rotatable bonds is 8. The normalized spacial score (nSPS) is 11.0. The lowest BCUT2D eigenvalue weighted by molar-refractivity contribution is -0.118. The maximum absolute atomic E-state index is 12.6. The van der Waals surface area contributed by atoms with E-state index in [1.807, 2.05) is 84.9 Å². The lowest BCUT2D eigenvalue weighted by Gasteiger charge is -2.13. The Labute approximate surface area is 233 Å². The average molecular weight is 551 g/mol. The minimum absolute atomic E-state index is 0.00227. The number of fused-ring (bicyclic) bond motifs is 1. The van der Waals surface area contributed by atoms with Crippen LogP contribution in [-0.4, -0.2) is 35.1 Å². The molecule has 0 aliphatic heterocycles. The molecule has 0 spiro atoms. The Kier molecular flexibility index (Phi) is 7.87. The standard InChI is InChI=1S/C30H22N4O3S2/c1-37-21-13-11-19(12-14-21)23-15-25(20-7-3-2-4-8-20)33-30(24(23)16-31)38-18-28(35)34-32-17-27-29(36)22-9-5-6-10-26(22)39-27/h2-15,17,36H,18H2,1H3,(H,34,35). The largest absolute Gasteiger partial charge is 0.506 e. The highest BCUT2D eigenvalue weighted by atomic mass is 32.2. The van der Waals surface area contributed by atoms with Gasteiger partial charge in [0.15, 0.2) is 0 Å². The SMILES string of the molecule is COc1ccc(-c2cc(-c3ccccc3)nc(SCC(=O)NN=Cc3sc4ccccc4c3O)c2C#N)cc1. The molecule has 2 heterocycles. The smallest absolute Gasteiger partial charge is 0.250 e. The minimum atomic E-state index is -0.362. The number of benzene rings is 3. The number of amides is 1. The van der Waals surface area contributed by atoms with Crippen molar-refractivity contribution in [3.63, 3.8) is 0 Å². The van der Waals surface area contributed by atoms with Gasteiger partial charge < -0.3 is 9.84 Å². The Balaban J connectivity index is 1.38. The highest BCUT2D eigenvalue weighted by Gasteiger charge is 2.17. The molecule has 2 aromatic heterocycles. The molecule has 2 N–H and O–H groups in total. The van der Waals surface area contributed by atoms with Crippen molar-refractivity contribution in [2.24, 2.45) is 5.10 Å². The molecule has 9 heteroatoms. The second-order valence-corrected chi connectivity index (χ2v) is 10.4. The van der Waals surface area contributed by atoms with E-state index in [0.717, 1.165) is 26.8 Å². The summed E-state index contributed by atoms with van der Waals surface area (Å²) >= 11 is 2.55. The zero-order valence-electron chi connectivity index (χ0n) is 20.8. The summed E-state index contributed by atoms with van der Waals surface area (Å²) in [7, 11) is 1.60. The predicted molar refractivity (Wildman–Crippen MR) is 156 cm³/mol. The molecule has 1 amide bonds. The van der Waals surface area contributed by atoms with E-state index < -0.39 is 0 Å². The highest BCUT2D eigenvalue weighted by molar-refractivity contribution is 8.00. The lowest BCUT2D eigenvalue weighted by atomic mass is 9.99. The third kappa shape index (κ3) is 5.77. The Morgan fingerprint density at radius 1 is 1.10 bits per heavy atom. The van der Waals surface area contributed by atoms with Crippen LogP contribution in [0.4, 0.5) is 0 Å². The number of ether oxygens (including phenoxy) is 1. The molecule has 0 atom stereocenters. The molecule has 3 aromatic carbocycles. The molecule has 7 nitrogen and oxygen atoms in total. The van der Waals surface area contributed by atoms with Crippen LogP contribution < -0.4 is 10.2 Å². The fraction of sp³-hybridized carbons (Fsp3) is 0.0667. The van der Waals surface area contributed by atoms with E-state index in [9.17, 15) is 15.2 Å². The Morgan fingerprint density at radius 2 is 1.85 bits per heavy atom. The zero-order valence-corrected chi connectivity index (χ0v) is 22.4. The first-order valence-electron chi connectivity index (χ1n) is 11.9. The summed E-state index contributed by atoms with van der Waals surface area (Å²) in [6.07, 6.45) is 1.43. The molecular formula is C30H22N4O3S2. The number of nitrogens with zero attached hydrogens (tertiary/aromatic N) is 3. The maximum atomic E-state index is 12.6. The Morgan fingerprint density at radius 3 is 2.56 bits per heavy atom. The van der Waals surface area contributed by atoms with Crippen LogP contribution in [0.1, 0.15) is 10.4 Å². The summed E-state index contributed by atoms with van der Waals surface area (Å²) in [4.78, 5) is 17.9. The number of hydrogen-bond acceptors (Lipinski definition) is 8. The molecule has 0 aliphatic rings. The molecule has 0 radical (unpaired) electrons. The third-order valence-corrected chi connectivity index (χ3v) is 7.95. The number of carbonyl (C=O) groups excluding carboxylic acids is 1. The number of pyridine rings is 1. The van der Waals surface area contributed by atoms with Crippen molar-refractivity contribution in [1.82, 2.24) is 10.4 Å². The summed E-state index contributed by atoms with van der Waals surface area (Å²) in [6, 6.07) is 28.8. The molecule has 0 fully saturated rings. The number of nitrogens with one attached hydrogen (secondary N) is 1. The van der Waals surface area contributed by atoms with E-state index in [4.69, 9.17) is 9.72 Å². The fourth-order valence-corrected chi connectivity index (χ4v) is 5.72. The molecule has 0 unspecified atom stereocenters. The van der Waals surface area contributed by atoms with Gasteiger partial charge in [-0.05, 0) is 35.9 Å². The first-order chi connectivity index (χ1) is 19.1. The van der Waals surface area contributed by atoms with Gasteiger partial charge in [0, 0.05) is 21.2 Å². The number of aromatic nitrogens is 1. The molecule has 192 valence electrons. The van der Waals surface area contributed by atoms with Crippen LogP contribution in [0.25, 0.3) is 32.5 Å². The van der Waals surface area contributed by atoms with E-state index in [0.29, 0.717) is 26.9 Å². The number of carbonyl (C=O) groups is 1. The zero-order chi connectivity index (χ0) is 27.2. The number of thioether (sulfide) groups is 1. The number of methoxy groups -OCH3 is 1. The van der Waals surface area contributed by atoms with Crippen molar-refractivity contribution >= 4 is 45.3 Å². The van der Waals surface area contributed by atoms with Crippen molar-refractivity contribution in [3.8, 4) is 40.0 Å². The van der Waals surface area contributed by atoms with Gasteiger partial charge in [-0.3, -0.25) is 4.79 Å². The van der Waals surface area contributed by atoms with Crippen LogP contribution in [0, 0.1) is 11.3 Å². The number of aromatic hydroxyl groups is 1. The van der Waals surface area contributed by atoms with Gasteiger partial charge in [-0.15, -0.1) is 11.3 Å². The van der Waals surface area contributed by atoms with Gasteiger partial charge in [0.05, 0.1) is 35.2 Å². The molecule has 0 bridgehead atoms. The van der Waals surface area contributed by atoms with Gasteiger partial charge in [0.2, 0.25) is 5.91 Å². The van der Waals surface area contributed by atoms with Gasteiger partial charge in [-0.1, -0.05) is 66.4 Å². The van der Waals surface area contributed by atoms with E-state index in [1.54, 1.807) is 7.11 Å². The van der Waals surface area contributed by atoms with Crippen LogP contribution in [0.3, 0.4) is 0 Å². The molecule has 0 saturated carbocycles.